The van der Waals surface area contributed by atoms with Crippen LogP contribution in [0.5, 0.6) is 0 Å². The van der Waals surface area contributed by atoms with Crippen LogP contribution in [0.1, 0.15) is 17.7 Å². The van der Waals surface area contributed by atoms with Gasteiger partial charge in [0.2, 0.25) is 5.91 Å². The van der Waals surface area contributed by atoms with Gasteiger partial charge >= 0.3 is 0 Å². The second kappa shape index (κ2) is 5.23. The summed E-state index contributed by atoms with van der Waals surface area (Å²) in [7, 11) is 0. The van der Waals surface area contributed by atoms with Crippen molar-refractivity contribution in [2.24, 2.45) is 0 Å². The lowest BCUT2D eigenvalue weighted by Gasteiger charge is -2.18. The minimum Gasteiger partial charge on any atom is -0.372 e. The van der Waals surface area contributed by atoms with Gasteiger partial charge in [-0.15, -0.1) is 0 Å². The number of nitro groups is 1. The van der Waals surface area contributed by atoms with E-state index in [1.165, 1.54) is 12.3 Å². The smallest absolute Gasteiger partial charge is 0.294 e. The van der Waals surface area contributed by atoms with E-state index in [1.807, 2.05) is 0 Å². The van der Waals surface area contributed by atoms with Crippen LogP contribution in [0, 0.1) is 10.1 Å². The van der Waals surface area contributed by atoms with Gasteiger partial charge < -0.3 is 15.2 Å². The summed E-state index contributed by atoms with van der Waals surface area (Å²) in [4.78, 5) is 22.0. The molecule has 0 aliphatic carbocycles. The van der Waals surface area contributed by atoms with Crippen molar-refractivity contribution in [3.05, 3.63) is 45.8 Å². The van der Waals surface area contributed by atoms with E-state index in [9.17, 15) is 14.9 Å². The number of nitrogens with one attached hydrogen (secondary N) is 2. The molecule has 3 rings (SSSR count). The molecule has 0 atom stereocenters. The molecule has 0 saturated heterocycles. The molecular weight excluding hydrogens is 276 g/mol. The molecule has 1 aromatic heterocycles. The maximum atomic E-state index is 11.4. The van der Waals surface area contributed by atoms with E-state index in [2.05, 4.69) is 15.8 Å². The number of rotatable bonds is 4. The van der Waals surface area contributed by atoms with E-state index in [4.69, 9.17) is 4.52 Å². The Balaban J connectivity index is 1.91. The first kappa shape index (κ1) is 13.1. The average Bonchev–Trinajstić information content (AvgIpc) is 2.97. The van der Waals surface area contributed by atoms with Crippen molar-refractivity contribution < 1.29 is 14.2 Å². The van der Waals surface area contributed by atoms with Gasteiger partial charge in [-0.25, -0.2) is 0 Å². The van der Waals surface area contributed by atoms with Crippen LogP contribution < -0.4 is 10.6 Å². The number of carbonyl (C=O) groups excluding carboxylic acids is 1. The monoisotopic (exact) mass is 288 g/mol. The van der Waals surface area contributed by atoms with Crippen LogP contribution >= 0.6 is 0 Å². The Kier molecular flexibility index (Phi) is 3.27. The van der Waals surface area contributed by atoms with Crippen molar-refractivity contribution in [1.82, 2.24) is 5.16 Å². The van der Waals surface area contributed by atoms with Crippen LogP contribution in [0.3, 0.4) is 0 Å². The fraction of sp³-hybridized carbons (Fsp3) is 0.231. The number of aromatic nitrogens is 1. The first-order valence-corrected chi connectivity index (χ1v) is 6.38. The molecule has 1 amide bonds. The summed E-state index contributed by atoms with van der Waals surface area (Å²) in [5.74, 6) is 0.453. The van der Waals surface area contributed by atoms with Gasteiger partial charge in [-0.05, 0) is 18.1 Å². The third kappa shape index (κ3) is 2.69. The third-order valence-corrected chi connectivity index (χ3v) is 3.26. The standard InChI is InChI=1S/C13H12N4O4/c18-13-2-1-8-5-11(14-7-9-3-4-15-21-9)12(17(19)20)6-10(8)16-13/h3-6,14H,1-2,7H2,(H,16,18). The summed E-state index contributed by atoms with van der Waals surface area (Å²) in [6, 6.07) is 4.76. The summed E-state index contributed by atoms with van der Waals surface area (Å²) < 4.78 is 4.94. The lowest BCUT2D eigenvalue weighted by Crippen LogP contribution is -2.19. The van der Waals surface area contributed by atoms with Gasteiger partial charge in [0.15, 0.2) is 5.76 Å². The topological polar surface area (TPSA) is 110 Å². The Morgan fingerprint density at radius 3 is 3.00 bits per heavy atom. The summed E-state index contributed by atoms with van der Waals surface area (Å²) in [5, 5.41) is 20.4. The molecule has 2 aromatic rings. The number of nitrogens with zero attached hydrogens (tertiary/aromatic N) is 2. The molecule has 0 spiro atoms. The molecule has 0 bridgehead atoms. The van der Waals surface area contributed by atoms with Gasteiger partial charge in [-0.2, -0.15) is 0 Å². The third-order valence-electron chi connectivity index (χ3n) is 3.26. The molecule has 0 radical (unpaired) electrons. The Bertz CT molecular complexity index is 696. The molecule has 2 heterocycles. The number of carbonyl (C=O) groups is 1. The van der Waals surface area contributed by atoms with Crippen molar-refractivity contribution in [3.63, 3.8) is 0 Å². The first-order chi connectivity index (χ1) is 10.1. The van der Waals surface area contributed by atoms with Crippen LogP contribution in [0.25, 0.3) is 0 Å². The van der Waals surface area contributed by atoms with Crippen molar-refractivity contribution >= 4 is 23.0 Å². The summed E-state index contributed by atoms with van der Waals surface area (Å²) >= 11 is 0. The minimum absolute atomic E-state index is 0.0875. The molecule has 0 unspecified atom stereocenters. The van der Waals surface area contributed by atoms with Gasteiger partial charge in [0.05, 0.1) is 23.4 Å². The maximum absolute atomic E-state index is 11.4. The molecule has 1 aromatic carbocycles. The minimum atomic E-state index is -0.482. The van der Waals surface area contributed by atoms with Gasteiger partial charge in [-0.1, -0.05) is 5.16 Å². The number of hydrogen-bond acceptors (Lipinski definition) is 6. The van der Waals surface area contributed by atoms with Gasteiger partial charge in [-0.3, -0.25) is 14.9 Å². The zero-order valence-electron chi connectivity index (χ0n) is 11.0. The lowest BCUT2D eigenvalue weighted by atomic mass is 10.0. The van der Waals surface area contributed by atoms with Crippen molar-refractivity contribution in [1.29, 1.82) is 0 Å². The second-order valence-electron chi connectivity index (χ2n) is 4.66. The highest BCUT2D eigenvalue weighted by atomic mass is 16.6. The van der Waals surface area contributed by atoms with Crippen molar-refractivity contribution in [3.8, 4) is 0 Å². The fourth-order valence-electron chi connectivity index (χ4n) is 2.23. The molecular formula is C13H12N4O4. The van der Waals surface area contributed by atoms with Gasteiger partial charge in [0.1, 0.15) is 5.69 Å². The highest BCUT2D eigenvalue weighted by molar-refractivity contribution is 5.95. The first-order valence-electron chi connectivity index (χ1n) is 6.38. The molecule has 108 valence electrons. The number of benzene rings is 1. The number of fused-ring (bicyclic) bond motifs is 1. The number of aryl methyl sites for hydroxylation is 1. The number of amides is 1. The summed E-state index contributed by atoms with van der Waals surface area (Å²) in [6.07, 6.45) is 2.45. The molecule has 2 N–H and O–H groups in total. The Labute approximate surface area is 119 Å². The molecule has 8 heteroatoms. The van der Waals surface area contributed by atoms with E-state index in [0.717, 1.165) is 5.56 Å². The lowest BCUT2D eigenvalue weighted by molar-refractivity contribution is -0.383. The van der Waals surface area contributed by atoms with Crippen molar-refractivity contribution in [2.75, 3.05) is 10.6 Å². The van der Waals surface area contributed by atoms with Crippen LogP contribution in [-0.2, 0) is 17.8 Å². The number of anilines is 2. The van der Waals surface area contributed by atoms with Crippen LogP contribution in [0.2, 0.25) is 0 Å². The van der Waals surface area contributed by atoms with Crippen LogP contribution in [0.4, 0.5) is 17.1 Å². The molecule has 1 aliphatic rings. The highest BCUT2D eigenvalue weighted by Crippen LogP contribution is 2.34. The van der Waals surface area contributed by atoms with Crippen LogP contribution in [-0.4, -0.2) is 16.0 Å². The molecule has 8 nitrogen and oxygen atoms in total. The zero-order valence-corrected chi connectivity index (χ0v) is 11.0. The largest absolute Gasteiger partial charge is 0.372 e. The average molecular weight is 288 g/mol. The number of nitro benzene ring substituents is 1. The Hall–Kier alpha value is -2.90. The SMILES string of the molecule is O=C1CCc2cc(NCc3ccno3)c([N+](=O)[O-])cc2N1. The predicted octanol–water partition coefficient (Wildman–Crippen LogP) is 2.08. The second-order valence-corrected chi connectivity index (χ2v) is 4.66. The van der Waals surface area contributed by atoms with E-state index in [-0.39, 0.29) is 11.6 Å². The maximum Gasteiger partial charge on any atom is 0.294 e. The van der Waals surface area contributed by atoms with Crippen LogP contribution in [0.15, 0.2) is 28.9 Å². The predicted molar refractivity (Wildman–Crippen MR) is 73.9 cm³/mol. The molecule has 1 aliphatic heterocycles. The molecule has 0 saturated carbocycles. The zero-order chi connectivity index (χ0) is 14.8. The van der Waals surface area contributed by atoms with Crippen molar-refractivity contribution in [2.45, 2.75) is 19.4 Å². The van der Waals surface area contributed by atoms with Gasteiger partial charge in [0, 0.05) is 18.6 Å². The van der Waals surface area contributed by atoms with Gasteiger partial charge in [0.25, 0.3) is 5.69 Å². The van der Waals surface area contributed by atoms with E-state index in [1.54, 1.807) is 12.1 Å². The highest BCUT2D eigenvalue weighted by Gasteiger charge is 2.22. The van der Waals surface area contributed by atoms with E-state index in [0.29, 0.717) is 36.5 Å². The molecule has 21 heavy (non-hydrogen) atoms. The normalized spacial score (nSPS) is 13.4. The van der Waals surface area contributed by atoms with E-state index < -0.39 is 4.92 Å². The summed E-state index contributed by atoms with van der Waals surface area (Å²) in [5.41, 5.74) is 1.69. The Morgan fingerprint density at radius 1 is 1.43 bits per heavy atom. The quantitative estimate of drug-likeness (QED) is 0.658. The molecule has 0 fully saturated rings. The van der Waals surface area contributed by atoms with E-state index >= 15 is 0 Å². The Morgan fingerprint density at radius 2 is 2.29 bits per heavy atom. The summed E-state index contributed by atoms with van der Waals surface area (Å²) in [6.45, 7) is 0.298. The fourth-order valence-corrected chi connectivity index (χ4v) is 2.23. The number of hydrogen-bond donors (Lipinski definition) is 2.